The zero-order valence-electron chi connectivity index (χ0n) is 8.55. The molecule has 14 heavy (non-hydrogen) atoms. The van der Waals surface area contributed by atoms with Gasteiger partial charge in [-0.3, -0.25) is 0 Å². The number of hydrogen-bond acceptors (Lipinski definition) is 2. The molecule has 0 saturated carbocycles. The Labute approximate surface area is 89.8 Å². The quantitative estimate of drug-likeness (QED) is 0.754. The van der Waals surface area contributed by atoms with Crippen LogP contribution in [0.25, 0.3) is 0 Å². The molecule has 0 atom stereocenters. The molecule has 76 valence electrons. The lowest BCUT2D eigenvalue weighted by atomic mass is 10.1. The lowest BCUT2D eigenvalue weighted by Gasteiger charge is -1.95. The molecule has 0 bridgehead atoms. The first-order chi connectivity index (χ1) is 6.88. The molecule has 0 aliphatic rings. The zero-order chi connectivity index (χ0) is 10.2. The van der Waals surface area contributed by atoms with Gasteiger partial charge in [0.2, 0.25) is 0 Å². The maximum absolute atomic E-state index is 8.61. The highest BCUT2D eigenvalue weighted by Crippen LogP contribution is 2.17. The Morgan fingerprint density at radius 1 is 1.50 bits per heavy atom. The van der Waals surface area contributed by atoms with Gasteiger partial charge in [0.1, 0.15) is 0 Å². The number of rotatable bonds is 4. The van der Waals surface area contributed by atoms with Crippen LogP contribution < -0.4 is 0 Å². The molecule has 0 unspecified atom stereocenters. The van der Waals surface area contributed by atoms with E-state index in [-0.39, 0.29) is 6.61 Å². The first kappa shape index (κ1) is 11.3. The van der Waals surface area contributed by atoms with Crippen molar-refractivity contribution in [1.29, 1.82) is 0 Å². The summed E-state index contributed by atoms with van der Waals surface area (Å²) in [7, 11) is 0. The third-order valence-corrected chi connectivity index (χ3v) is 2.86. The van der Waals surface area contributed by atoms with Crippen LogP contribution in [0.4, 0.5) is 0 Å². The van der Waals surface area contributed by atoms with E-state index in [9.17, 15) is 0 Å². The van der Waals surface area contributed by atoms with E-state index in [1.54, 1.807) is 11.3 Å². The molecular formula is C12H16OS. The summed E-state index contributed by atoms with van der Waals surface area (Å²) in [6.07, 6.45) is 4.15. The molecule has 0 radical (unpaired) electrons. The summed E-state index contributed by atoms with van der Waals surface area (Å²) in [5.41, 5.74) is 1.36. The standard InChI is InChI=1S/C12H16OS/c1-2-3-6-11-8-10-14-12(11)7-4-5-9-13/h8,10,13H,2-3,5-6,9H2,1H3. The Balaban J connectivity index is 2.59. The van der Waals surface area contributed by atoms with Crippen molar-refractivity contribution in [2.75, 3.05) is 6.61 Å². The van der Waals surface area contributed by atoms with E-state index < -0.39 is 0 Å². The maximum Gasteiger partial charge on any atom is 0.0800 e. The van der Waals surface area contributed by atoms with Gasteiger partial charge < -0.3 is 5.11 Å². The number of aliphatic hydroxyl groups excluding tert-OH is 1. The summed E-state index contributed by atoms with van der Waals surface area (Å²) < 4.78 is 0. The minimum atomic E-state index is 0.155. The number of hydrogen-bond donors (Lipinski definition) is 1. The molecule has 0 spiro atoms. The van der Waals surface area contributed by atoms with E-state index in [0.29, 0.717) is 6.42 Å². The van der Waals surface area contributed by atoms with Crippen molar-refractivity contribution >= 4 is 11.3 Å². The fourth-order valence-electron chi connectivity index (χ4n) is 1.21. The molecule has 1 heterocycles. The van der Waals surface area contributed by atoms with Crippen molar-refractivity contribution in [2.24, 2.45) is 0 Å². The average Bonchev–Trinajstić information content (AvgIpc) is 2.63. The van der Waals surface area contributed by atoms with Crippen LogP contribution in [0, 0.1) is 11.8 Å². The minimum absolute atomic E-state index is 0.155. The van der Waals surface area contributed by atoms with E-state index in [2.05, 4.69) is 30.2 Å². The summed E-state index contributed by atoms with van der Waals surface area (Å²) in [6.45, 7) is 2.35. The molecule has 1 aromatic heterocycles. The van der Waals surface area contributed by atoms with Crippen LogP contribution >= 0.6 is 11.3 Å². The predicted molar refractivity (Wildman–Crippen MR) is 61.5 cm³/mol. The van der Waals surface area contributed by atoms with Crippen molar-refractivity contribution in [3.63, 3.8) is 0 Å². The molecule has 0 aliphatic heterocycles. The van der Waals surface area contributed by atoms with Crippen LogP contribution in [0.15, 0.2) is 11.4 Å². The minimum Gasteiger partial charge on any atom is -0.395 e. The largest absolute Gasteiger partial charge is 0.395 e. The molecule has 1 N–H and O–H groups in total. The highest BCUT2D eigenvalue weighted by molar-refractivity contribution is 7.10. The van der Waals surface area contributed by atoms with Crippen LogP contribution in [0.1, 0.15) is 36.6 Å². The maximum atomic E-state index is 8.61. The summed E-state index contributed by atoms with van der Waals surface area (Å²) in [5, 5.41) is 10.7. The summed E-state index contributed by atoms with van der Waals surface area (Å²) >= 11 is 1.70. The molecule has 0 aromatic carbocycles. The van der Waals surface area contributed by atoms with Crippen LogP contribution in [0.5, 0.6) is 0 Å². The van der Waals surface area contributed by atoms with E-state index in [0.717, 1.165) is 6.42 Å². The van der Waals surface area contributed by atoms with Crippen LogP contribution in [-0.4, -0.2) is 11.7 Å². The fourth-order valence-corrected chi connectivity index (χ4v) is 2.03. The lowest BCUT2D eigenvalue weighted by Crippen LogP contribution is -1.84. The van der Waals surface area contributed by atoms with Crippen LogP contribution in [0.2, 0.25) is 0 Å². The second-order valence-electron chi connectivity index (χ2n) is 3.15. The molecule has 0 fully saturated rings. The van der Waals surface area contributed by atoms with Crippen LogP contribution in [0.3, 0.4) is 0 Å². The van der Waals surface area contributed by atoms with Crippen molar-refractivity contribution < 1.29 is 5.11 Å². The second kappa shape index (κ2) is 6.64. The third kappa shape index (κ3) is 3.53. The van der Waals surface area contributed by atoms with Crippen LogP contribution in [-0.2, 0) is 6.42 Å². The Hall–Kier alpha value is -0.780. The Morgan fingerprint density at radius 2 is 2.36 bits per heavy atom. The molecule has 1 rings (SSSR count). The highest BCUT2D eigenvalue weighted by Gasteiger charge is 1.99. The van der Waals surface area contributed by atoms with Crippen molar-refractivity contribution in [3.8, 4) is 11.8 Å². The van der Waals surface area contributed by atoms with Gasteiger partial charge >= 0.3 is 0 Å². The normalized spacial score (nSPS) is 9.57. The Morgan fingerprint density at radius 3 is 3.07 bits per heavy atom. The second-order valence-corrected chi connectivity index (χ2v) is 4.07. The zero-order valence-corrected chi connectivity index (χ0v) is 9.36. The van der Waals surface area contributed by atoms with Crippen molar-refractivity contribution in [3.05, 3.63) is 21.9 Å². The summed E-state index contributed by atoms with van der Waals surface area (Å²) in [6, 6.07) is 2.16. The number of thiophene rings is 1. The Kier molecular flexibility index (Phi) is 5.36. The van der Waals surface area contributed by atoms with Gasteiger partial charge in [0.05, 0.1) is 11.5 Å². The number of aliphatic hydroxyl groups is 1. The average molecular weight is 208 g/mol. The molecule has 1 aromatic rings. The van der Waals surface area contributed by atoms with E-state index in [1.807, 2.05) is 0 Å². The smallest absolute Gasteiger partial charge is 0.0800 e. The van der Waals surface area contributed by atoms with E-state index in [1.165, 1.54) is 23.3 Å². The van der Waals surface area contributed by atoms with Gasteiger partial charge in [0.25, 0.3) is 0 Å². The summed E-state index contributed by atoms with van der Waals surface area (Å²) in [5.74, 6) is 6.08. The Bertz CT molecular complexity index is 317. The van der Waals surface area contributed by atoms with Gasteiger partial charge in [0, 0.05) is 6.42 Å². The molecule has 1 nitrogen and oxygen atoms in total. The SMILES string of the molecule is CCCCc1ccsc1C#CCCO. The van der Waals surface area contributed by atoms with Gasteiger partial charge in [-0.25, -0.2) is 0 Å². The molecular weight excluding hydrogens is 192 g/mol. The van der Waals surface area contributed by atoms with Gasteiger partial charge in [-0.2, -0.15) is 0 Å². The fraction of sp³-hybridized carbons (Fsp3) is 0.500. The molecule has 0 amide bonds. The highest BCUT2D eigenvalue weighted by atomic mass is 32.1. The van der Waals surface area contributed by atoms with Gasteiger partial charge in [-0.1, -0.05) is 25.2 Å². The van der Waals surface area contributed by atoms with Crippen molar-refractivity contribution in [2.45, 2.75) is 32.6 Å². The lowest BCUT2D eigenvalue weighted by molar-refractivity contribution is 0.305. The predicted octanol–water partition coefficient (Wildman–Crippen LogP) is 2.82. The van der Waals surface area contributed by atoms with Gasteiger partial charge in [-0.05, 0) is 29.9 Å². The number of unbranched alkanes of at least 4 members (excludes halogenated alkanes) is 1. The van der Waals surface area contributed by atoms with Gasteiger partial charge in [-0.15, -0.1) is 11.3 Å². The monoisotopic (exact) mass is 208 g/mol. The first-order valence-electron chi connectivity index (χ1n) is 5.04. The van der Waals surface area contributed by atoms with E-state index in [4.69, 9.17) is 5.11 Å². The third-order valence-electron chi connectivity index (χ3n) is 1.99. The van der Waals surface area contributed by atoms with Gasteiger partial charge in [0.15, 0.2) is 0 Å². The van der Waals surface area contributed by atoms with Crippen molar-refractivity contribution in [1.82, 2.24) is 0 Å². The summed E-state index contributed by atoms with van der Waals surface area (Å²) in [4.78, 5) is 1.17. The molecule has 0 saturated heterocycles. The first-order valence-corrected chi connectivity index (χ1v) is 5.92. The molecule has 0 aliphatic carbocycles. The van der Waals surface area contributed by atoms with E-state index >= 15 is 0 Å². The topological polar surface area (TPSA) is 20.2 Å². The molecule has 2 heteroatoms. The number of aryl methyl sites for hydroxylation is 1.